The Balaban J connectivity index is 1.91. The van der Waals surface area contributed by atoms with Gasteiger partial charge in [0.1, 0.15) is 0 Å². The minimum Gasteiger partial charge on any atom is -0.394 e. The Kier molecular flexibility index (Phi) is 5.46. The zero-order chi connectivity index (χ0) is 14.6. The van der Waals surface area contributed by atoms with Gasteiger partial charge in [0.15, 0.2) is 0 Å². The van der Waals surface area contributed by atoms with Crippen molar-refractivity contribution in [3.63, 3.8) is 0 Å². The zero-order valence-electron chi connectivity index (χ0n) is 13.5. The molecule has 0 aromatic heterocycles. The molecule has 1 aliphatic carbocycles. The van der Waals surface area contributed by atoms with E-state index in [1.165, 1.54) is 25.7 Å². The molecule has 2 aliphatic rings. The quantitative estimate of drug-likeness (QED) is 0.805. The van der Waals surface area contributed by atoms with E-state index in [2.05, 4.69) is 31.0 Å². The summed E-state index contributed by atoms with van der Waals surface area (Å²) >= 11 is 0. The predicted molar refractivity (Wildman–Crippen MR) is 81.9 cm³/mol. The van der Waals surface area contributed by atoms with E-state index in [4.69, 9.17) is 4.74 Å². The summed E-state index contributed by atoms with van der Waals surface area (Å²) in [4.78, 5) is 2.50. The molecule has 1 atom stereocenters. The lowest BCUT2D eigenvalue weighted by molar-refractivity contribution is -0.0625. The van der Waals surface area contributed by atoms with Gasteiger partial charge in [-0.15, -0.1) is 0 Å². The third-order valence-corrected chi connectivity index (χ3v) is 4.64. The standard InChI is InChI=1S/C16H32N2O2/c1-15(2,3)17-12-16(6-4-5-7-16)13-18-8-9-20-14(10-18)11-19/h14,17,19H,4-13H2,1-3H3. The fourth-order valence-corrected chi connectivity index (χ4v) is 3.48. The van der Waals surface area contributed by atoms with Crippen molar-refractivity contribution in [3.05, 3.63) is 0 Å². The van der Waals surface area contributed by atoms with Crippen LogP contribution in [0.2, 0.25) is 0 Å². The molecule has 0 bridgehead atoms. The normalized spacial score (nSPS) is 27.9. The molecule has 0 radical (unpaired) electrons. The number of morpholine rings is 1. The number of rotatable bonds is 5. The molecule has 1 unspecified atom stereocenters. The van der Waals surface area contributed by atoms with Crippen LogP contribution in [0.4, 0.5) is 0 Å². The number of hydrogen-bond acceptors (Lipinski definition) is 4. The minimum absolute atomic E-state index is 0.0118. The molecule has 4 heteroatoms. The number of hydrogen-bond donors (Lipinski definition) is 2. The summed E-state index contributed by atoms with van der Waals surface area (Å²) in [6, 6.07) is 0. The van der Waals surface area contributed by atoms with Crippen LogP contribution >= 0.6 is 0 Å². The van der Waals surface area contributed by atoms with Crippen molar-refractivity contribution in [2.45, 2.75) is 58.1 Å². The van der Waals surface area contributed by atoms with E-state index in [-0.39, 0.29) is 18.2 Å². The highest BCUT2D eigenvalue weighted by Crippen LogP contribution is 2.39. The molecule has 0 amide bonds. The molecule has 0 aromatic rings. The molecule has 0 aromatic carbocycles. The highest BCUT2D eigenvalue weighted by molar-refractivity contribution is 4.92. The smallest absolute Gasteiger partial charge is 0.0932 e. The van der Waals surface area contributed by atoms with Crippen LogP contribution in [0, 0.1) is 5.41 Å². The number of aliphatic hydroxyl groups excluding tert-OH is 1. The largest absolute Gasteiger partial charge is 0.394 e. The summed E-state index contributed by atoms with van der Waals surface area (Å²) in [7, 11) is 0. The Labute approximate surface area is 123 Å². The van der Waals surface area contributed by atoms with Crippen LogP contribution in [0.5, 0.6) is 0 Å². The van der Waals surface area contributed by atoms with Crippen molar-refractivity contribution < 1.29 is 9.84 Å². The Morgan fingerprint density at radius 1 is 1.30 bits per heavy atom. The molecule has 2 rings (SSSR count). The first kappa shape index (κ1) is 16.2. The number of ether oxygens (including phenoxy) is 1. The van der Waals surface area contributed by atoms with Crippen LogP contribution in [-0.2, 0) is 4.74 Å². The average molecular weight is 284 g/mol. The summed E-state index contributed by atoms with van der Waals surface area (Å²) in [5.74, 6) is 0. The maximum absolute atomic E-state index is 9.28. The molecule has 1 heterocycles. The van der Waals surface area contributed by atoms with Crippen LogP contribution in [0.1, 0.15) is 46.5 Å². The van der Waals surface area contributed by atoms with Crippen LogP contribution in [0.3, 0.4) is 0 Å². The summed E-state index contributed by atoms with van der Waals surface area (Å²) in [6.45, 7) is 11.8. The molecule has 4 nitrogen and oxygen atoms in total. The van der Waals surface area contributed by atoms with Gasteiger partial charge in [-0.05, 0) is 39.0 Å². The molecule has 2 fully saturated rings. The van der Waals surface area contributed by atoms with Crippen LogP contribution < -0.4 is 5.32 Å². The summed E-state index contributed by atoms with van der Waals surface area (Å²) in [5, 5.41) is 13.0. The Hall–Kier alpha value is -0.160. The zero-order valence-corrected chi connectivity index (χ0v) is 13.5. The van der Waals surface area contributed by atoms with E-state index >= 15 is 0 Å². The SMILES string of the molecule is CC(C)(C)NCC1(CN2CCOC(CO)C2)CCCC1. The first-order valence-corrected chi connectivity index (χ1v) is 8.12. The number of nitrogens with zero attached hydrogens (tertiary/aromatic N) is 1. The molecular formula is C16H32N2O2. The van der Waals surface area contributed by atoms with Gasteiger partial charge in [-0.25, -0.2) is 0 Å². The minimum atomic E-state index is 0.0118. The van der Waals surface area contributed by atoms with Gasteiger partial charge in [0.25, 0.3) is 0 Å². The van der Waals surface area contributed by atoms with E-state index < -0.39 is 0 Å². The lowest BCUT2D eigenvalue weighted by atomic mass is 9.84. The fourth-order valence-electron chi connectivity index (χ4n) is 3.48. The van der Waals surface area contributed by atoms with Crippen molar-refractivity contribution in [2.75, 3.05) is 39.4 Å². The predicted octanol–water partition coefficient (Wildman–Crippen LogP) is 1.63. The Morgan fingerprint density at radius 3 is 2.60 bits per heavy atom. The van der Waals surface area contributed by atoms with Crippen molar-refractivity contribution in [1.29, 1.82) is 0 Å². The number of nitrogens with one attached hydrogen (secondary N) is 1. The summed E-state index contributed by atoms with van der Waals surface area (Å²) in [5.41, 5.74) is 0.610. The molecule has 1 aliphatic heterocycles. The molecule has 1 saturated heterocycles. The van der Waals surface area contributed by atoms with Crippen LogP contribution in [-0.4, -0.2) is 61.0 Å². The van der Waals surface area contributed by atoms with E-state index in [0.717, 1.165) is 32.8 Å². The van der Waals surface area contributed by atoms with Crippen molar-refractivity contribution in [2.24, 2.45) is 5.41 Å². The maximum atomic E-state index is 9.28. The van der Waals surface area contributed by atoms with E-state index in [9.17, 15) is 5.11 Å². The van der Waals surface area contributed by atoms with Crippen molar-refractivity contribution in [3.8, 4) is 0 Å². The maximum Gasteiger partial charge on any atom is 0.0932 e. The van der Waals surface area contributed by atoms with E-state index in [0.29, 0.717) is 5.41 Å². The molecule has 20 heavy (non-hydrogen) atoms. The van der Waals surface area contributed by atoms with Gasteiger partial charge < -0.3 is 15.2 Å². The van der Waals surface area contributed by atoms with Crippen LogP contribution in [0.25, 0.3) is 0 Å². The second kappa shape index (κ2) is 6.73. The average Bonchev–Trinajstić information content (AvgIpc) is 2.85. The highest BCUT2D eigenvalue weighted by atomic mass is 16.5. The Bertz CT molecular complexity index is 295. The van der Waals surface area contributed by atoms with Gasteiger partial charge in [-0.2, -0.15) is 0 Å². The summed E-state index contributed by atoms with van der Waals surface area (Å²) < 4.78 is 5.56. The molecule has 118 valence electrons. The van der Waals surface area contributed by atoms with Gasteiger partial charge in [0.05, 0.1) is 19.3 Å². The first-order chi connectivity index (χ1) is 9.42. The lowest BCUT2D eigenvalue weighted by Crippen LogP contribution is -2.52. The molecule has 0 spiro atoms. The van der Waals surface area contributed by atoms with Gasteiger partial charge in [-0.3, -0.25) is 4.90 Å². The number of aliphatic hydroxyl groups is 1. The van der Waals surface area contributed by atoms with Crippen molar-refractivity contribution >= 4 is 0 Å². The summed E-state index contributed by atoms with van der Waals surface area (Å²) in [6.07, 6.45) is 5.39. The van der Waals surface area contributed by atoms with E-state index in [1.807, 2.05) is 0 Å². The first-order valence-electron chi connectivity index (χ1n) is 8.12. The van der Waals surface area contributed by atoms with Crippen LogP contribution in [0.15, 0.2) is 0 Å². The second-order valence-corrected chi connectivity index (χ2v) is 7.72. The Morgan fingerprint density at radius 2 is 2.00 bits per heavy atom. The van der Waals surface area contributed by atoms with Crippen molar-refractivity contribution in [1.82, 2.24) is 10.2 Å². The topological polar surface area (TPSA) is 44.7 Å². The molecule has 2 N–H and O–H groups in total. The third-order valence-electron chi connectivity index (χ3n) is 4.64. The van der Waals surface area contributed by atoms with Gasteiger partial charge >= 0.3 is 0 Å². The molecule has 1 saturated carbocycles. The molecular weight excluding hydrogens is 252 g/mol. The highest BCUT2D eigenvalue weighted by Gasteiger charge is 2.37. The van der Waals surface area contributed by atoms with Gasteiger partial charge in [0.2, 0.25) is 0 Å². The third kappa shape index (κ3) is 4.69. The van der Waals surface area contributed by atoms with Gasteiger partial charge in [0, 0.05) is 31.7 Å². The monoisotopic (exact) mass is 284 g/mol. The second-order valence-electron chi connectivity index (χ2n) is 7.72. The van der Waals surface area contributed by atoms with E-state index in [1.54, 1.807) is 0 Å². The lowest BCUT2D eigenvalue weighted by Gasteiger charge is -2.40. The van der Waals surface area contributed by atoms with Gasteiger partial charge in [-0.1, -0.05) is 12.8 Å². The fraction of sp³-hybridized carbons (Fsp3) is 1.00.